The molecule has 2 bridgehead atoms. The quantitative estimate of drug-likeness (QED) is 0.188. The fraction of sp³-hybridized carbons (Fsp3) is 0.424. The first-order valence-electron chi connectivity index (χ1n) is 15.3. The van der Waals surface area contributed by atoms with Crippen molar-refractivity contribution in [1.82, 2.24) is 15.0 Å². The van der Waals surface area contributed by atoms with E-state index in [-0.39, 0.29) is 47.5 Å². The lowest BCUT2D eigenvalue weighted by Crippen LogP contribution is -2.44. The summed E-state index contributed by atoms with van der Waals surface area (Å²) in [7, 11) is 0. The molecule has 1 saturated carbocycles. The Kier molecular flexibility index (Phi) is 7.87. The Labute approximate surface area is 254 Å². The molecule has 5 atom stereocenters. The number of H-pyrrole nitrogens is 1. The van der Waals surface area contributed by atoms with Crippen LogP contribution >= 0.6 is 0 Å². The Bertz CT molecular complexity index is 1760. The summed E-state index contributed by atoms with van der Waals surface area (Å²) in [4.78, 5) is 78.3. The highest BCUT2D eigenvalue weighted by Gasteiger charge is 2.59. The summed E-state index contributed by atoms with van der Waals surface area (Å²) in [5.41, 5.74) is 1.78. The van der Waals surface area contributed by atoms with Crippen molar-refractivity contribution >= 4 is 52.0 Å². The number of imide groups is 1. The van der Waals surface area contributed by atoms with Gasteiger partial charge in [0.05, 0.1) is 11.8 Å². The highest BCUT2D eigenvalue weighted by atomic mass is 16.2. The van der Waals surface area contributed by atoms with Crippen LogP contribution in [0.2, 0.25) is 0 Å². The summed E-state index contributed by atoms with van der Waals surface area (Å²) in [5.74, 6) is -2.52. The van der Waals surface area contributed by atoms with Gasteiger partial charge in [0, 0.05) is 23.9 Å². The summed E-state index contributed by atoms with van der Waals surface area (Å²) in [6.07, 6.45) is 7.70. The molecule has 4 amide bonds. The van der Waals surface area contributed by atoms with Gasteiger partial charge >= 0.3 is 0 Å². The van der Waals surface area contributed by atoms with E-state index in [2.05, 4.69) is 25.6 Å². The SMILES string of the molecule is CCCCCC(=O)Nc1ccc(N2C(=O)[C@H]3[C@H]4C=C[C@H](C[C@@H]4CC(=O)Nc4ccc5c(C)cc(C)nc5n4)[C@H]3C2=O)c(=O)[nH]1. The number of unbranched alkanes of at least 4 members (excludes halogenated alkanes) is 2. The van der Waals surface area contributed by atoms with Crippen LogP contribution in [0, 0.1) is 43.4 Å². The van der Waals surface area contributed by atoms with Crippen LogP contribution in [-0.2, 0) is 19.2 Å². The van der Waals surface area contributed by atoms with Gasteiger partial charge in [-0.3, -0.25) is 24.0 Å². The second kappa shape index (κ2) is 11.8. The Balaban J connectivity index is 1.15. The van der Waals surface area contributed by atoms with Crippen molar-refractivity contribution in [3.05, 3.63) is 64.1 Å². The van der Waals surface area contributed by atoms with Crippen molar-refractivity contribution in [3.63, 3.8) is 0 Å². The van der Waals surface area contributed by atoms with Crippen LogP contribution in [0.1, 0.15) is 56.7 Å². The first-order valence-corrected chi connectivity index (χ1v) is 15.3. The van der Waals surface area contributed by atoms with E-state index in [1.165, 1.54) is 12.1 Å². The average molecular weight is 597 g/mol. The Hall–Kier alpha value is -4.67. The van der Waals surface area contributed by atoms with Crippen molar-refractivity contribution in [3.8, 4) is 0 Å². The maximum Gasteiger partial charge on any atom is 0.273 e. The number of fused-ring (bicyclic) bond motifs is 2. The maximum atomic E-state index is 13.7. The van der Waals surface area contributed by atoms with E-state index in [1.807, 2.05) is 45.1 Å². The third-order valence-electron chi connectivity index (χ3n) is 9.11. The highest BCUT2D eigenvalue weighted by molar-refractivity contribution is 6.22. The minimum Gasteiger partial charge on any atom is -0.312 e. The number of anilines is 3. The molecular weight excluding hydrogens is 560 g/mol. The molecule has 3 aromatic rings. The molecule has 11 heteroatoms. The Morgan fingerprint density at radius 1 is 0.955 bits per heavy atom. The van der Waals surface area contributed by atoms with Gasteiger partial charge in [-0.1, -0.05) is 31.9 Å². The maximum absolute atomic E-state index is 13.7. The zero-order chi connectivity index (χ0) is 31.1. The number of carbonyl (C=O) groups excluding carboxylic acids is 4. The third-order valence-corrected chi connectivity index (χ3v) is 9.11. The molecule has 3 aromatic heterocycles. The first-order chi connectivity index (χ1) is 21.1. The fourth-order valence-corrected chi connectivity index (χ4v) is 7.11. The molecular formula is C33H36N6O5. The van der Waals surface area contributed by atoms with Gasteiger partial charge in [-0.05, 0) is 80.3 Å². The number of hydrogen-bond acceptors (Lipinski definition) is 7. The van der Waals surface area contributed by atoms with Crippen LogP contribution in [-0.4, -0.2) is 38.6 Å². The first kappa shape index (κ1) is 29.4. The molecule has 4 heterocycles. The van der Waals surface area contributed by atoms with Gasteiger partial charge in [-0.25, -0.2) is 14.9 Å². The van der Waals surface area contributed by atoms with Crippen molar-refractivity contribution < 1.29 is 19.2 Å². The summed E-state index contributed by atoms with van der Waals surface area (Å²) in [6, 6.07) is 8.53. The van der Waals surface area contributed by atoms with Crippen LogP contribution in [0.25, 0.3) is 11.0 Å². The fourth-order valence-electron chi connectivity index (χ4n) is 7.11. The van der Waals surface area contributed by atoms with Crippen LogP contribution in [0.15, 0.2) is 47.3 Å². The number of nitrogens with one attached hydrogen (secondary N) is 3. The zero-order valence-electron chi connectivity index (χ0n) is 25.1. The molecule has 1 aliphatic heterocycles. The number of pyridine rings is 3. The number of nitrogens with zero attached hydrogens (tertiary/aromatic N) is 3. The van der Waals surface area contributed by atoms with E-state index >= 15 is 0 Å². The summed E-state index contributed by atoms with van der Waals surface area (Å²) >= 11 is 0. The van der Waals surface area contributed by atoms with Gasteiger partial charge in [0.15, 0.2) is 5.65 Å². The number of aromatic nitrogens is 3. The van der Waals surface area contributed by atoms with Gasteiger partial charge < -0.3 is 15.6 Å². The van der Waals surface area contributed by atoms with Gasteiger partial charge in [0.25, 0.3) is 5.56 Å². The Morgan fingerprint density at radius 2 is 1.75 bits per heavy atom. The van der Waals surface area contributed by atoms with Crippen LogP contribution in [0.5, 0.6) is 0 Å². The van der Waals surface area contributed by atoms with Crippen molar-refractivity contribution in [2.24, 2.45) is 29.6 Å². The molecule has 7 rings (SSSR count). The number of hydrogen-bond donors (Lipinski definition) is 3. The number of aromatic amines is 1. The molecule has 0 unspecified atom stereocenters. The Morgan fingerprint density at radius 3 is 2.52 bits per heavy atom. The highest BCUT2D eigenvalue weighted by Crippen LogP contribution is 2.53. The number of carbonyl (C=O) groups is 4. The van der Waals surface area contributed by atoms with Crippen LogP contribution in [0.4, 0.5) is 17.3 Å². The summed E-state index contributed by atoms with van der Waals surface area (Å²) in [6.45, 7) is 5.94. The van der Waals surface area contributed by atoms with E-state index < -0.39 is 29.2 Å². The van der Waals surface area contributed by atoms with Crippen molar-refractivity contribution in [2.75, 3.05) is 15.5 Å². The molecule has 4 aliphatic rings. The van der Waals surface area contributed by atoms with E-state index in [4.69, 9.17) is 0 Å². The predicted molar refractivity (Wildman–Crippen MR) is 166 cm³/mol. The van der Waals surface area contributed by atoms with Crippen LogP contribution < -0.4 is 21.1 Å². The summed E-state index contributed by atoms with van der Waals surface area (Å²) in [5, 5.41) is 6.47. The number of allylic oxidation sites excluding steroid dienone is 2. The zero-order valence-corrected chi connectivity index (χ0v) is 25.1. The smallest absolute Gasteiger partial charge is 0.273 e. The summed E-state index contributed by atoms with van der Waals surface area (Å²) < 4.78 is 0. The third kappa shape index (κ3) is 5.42. The standard InChI is InChI=1S/C33H36N6O5/c1-4-5-6-7-26(40)35-25-13-11-23(31(42)38-25)39-32(43)28-19-8-9-22(29(28)33(39)44)20(15-19)16-27(41)36-24-12-10-21-17(2)14-18(3)34-30(21)37-24/h8-14,19-20,22,28-29H,4-7,15-16H2,1-3H3,(H,34,36,37,41)(H2,35,38,40,42)/t19-,20-,22+,28-,29+/m1/s1. The molecule has 0 radical (unpaired) electrons. The van der Waals surface area contributed by atoms with Gasteiger partial charge in [0.1, 0.15) is 17.3 Å². The number of amides is 4. The molecule has 1 saturated heterocycles. The minimum atomic E-state index is -0.643. The lowest BCUT2D eigenvalue weighted by atomic mass is 9.58. The van der Waals surface area contributed by atoms with Gasteiger partial charge in [0.2, 0.25) is 23.6 Å². The lowest BCUT2D eigenvalue weighted by molar-refractivity contribution is -0.127. The molecule has 44 heavy (non-hydrogen) atoms. The second-order valence-corrected chi connectivity index (χ2v) is 12.2. The minimum absolute atomic E-state index is 0.0615. The van der Waals surface area contributed by atoms with Crippen LogP contribution in [0.3, 0.4) is 0 Å². The average Bonchev–Trinajstić information content (AvgIpc) is 3.24. The van der Waals surface area contributed by atoms with Gasteiger partial charge in [-0.15, -0.1) is 0 Å². The molecule has 3 N–H and O–H groups in total. The molecule has 0 spiro atoms. The molecule has 2 fully saturated rings. The molecule has 0 aromatic carbocycles. The monoisotopic (exact) mass is 596 g/mol. The topological polar surface area (TPSA) is 154 Å². The predicted octanol–water partition coefficient (Wildman–Crippen LogP) is 4.41. The lowest BCUT2D eigenvalue weighted by Gasteiger charge is -2.43. The normalized spacial score (nSPS) is 23.7. The number of rotatable bonds is 9. The molecule has 11 nitrogen and oxygen atoms in total. The van der Waals surface area contributed by atoms with E-state index in [0.29, 0.717) is 24.3 Å². The van der Waals surface area contributed by atoms with Gasteiger partial charge in [-0.2, -0.15) is 0 Å². The van der Waals surface area contributed by atoms with E-state index in [0.717, 1.165) is 40.8 Å². The number of aryl methyl sites for hydroxylation is 2. The second-order valence-electron chi connectivity index (χ2n) is 12.2. The van der Waals surface area contributed by atoms with E-state index in [1.54, 1.807) is 6.07 Å². The van der Waals surface area contributed by atoms with Crippen molar-refractivity contribution in [1.29, 1.82) is 0 Å². The molecule has 228 valence electrons. The molecule has 3 aliphatic carbocycles. The largest absolute Gasteiger partial charge is 0.312 e. The van der Waals surface area contributed by atoms with Crippen molar-refractivity contribution in [2.45, 2.75) is 59.3 Å². The van der Waals surface area contributed by atoms with E-state index in [9.17, 15) is 24.0 Å².